The van der Waals surface area contributed by atoms with Gasteiger partial charge in [-0.3, -0.25) is 9.48 Å². The fourth-order valence-electron chi connectivity index (χ4n) is 3.49. The van der Waals surface area contributed by atoms with E-state index < -0.39 is 11.7 Å². The molecule has 1 saturated heterocycles. The molecule has 4 N–H and O–H groups in total. The number of carbonyl (C=O) groups is 1. The molecule has 9 heteroatoms. The molecule has 1 amide bonds. The van der Waals surface area contributed by atoms with Crippen LogP contribution in [-0.2, 0) is 17.5 Å². The summed E-state index contributed by atoms with van der Waals surface area (Å²) in [6, 6.07) is 1.79. The molecular formula is C18H20F3N5O. The summed E-state index contributed by atoms with van der Waals surface area (Å²) in [7, 11) is 0. The van der Waals surface area contributed by atoms with Crippen LogP contribution in [0.15, 0.2) is 12.1 Å². The molecule has 3 rings (SSSR count). The third-order valence-electron chi connectivity index (χ3n) is 4.81. The number of alkyl halides is 3. The highest BCUT2D eigenvalue weighted by Gasteiger charge is 2.33. The topological polar surface area (TPSA) is 96.8 Å². The van der Waals surface area contributed by atoms with Crippen molar-refractivity contribution in [2.45, 2.75) is 45.5 Å². The molecule has 1 aromatic carbocycles. The van der Waals surface area contributed by atoms with Crippen LogP contribution in [0, 0.1) is 19.3 Å². The van der Waals surface area contributed by atoms with E-state index in [2.05, 4.69) is 10.4 Å². The van der Waals surface area contributed by atoms with Crippen molar-refractivity contribution < 1.29 is 18.0 Å². The van der Waals surface area contributed by atoms with Gasteiger partial charge in [0.1, 0.15) is 0 Å². The number of hydrogen-bond acceptors (Lipinski definition) is 4. The minimum Gasteiger partial charge on any atom is -0.398 e. The first-order chi connectivity index (χ1) is 12.6. The van der Waals surface area contributed by atoms with Gasteiger partial charge in [-0.2, -0.15) is 18.3 Å². The number of aromatic nitrogens is 2. The Morgan fingerprint density at radius 1 is 1.41 bits per heavy atom. The second kappa shape index (κ2) is 6.71. The van der Waals surface area contributed by atoms with Crippen molar-refractivity contribution in [3.8, 4) is 11.1 Å². The van der Waals surface area contributed by atoms with E-state index in [4.69, 9.17) is 11.1 Å². The summed E-state index contributed by atoms with van der Waals surface area (Å²) in [5, 5.41) is 14.9. The molecule has 0 radical (unpaired) electrons. The third-order valence-corrected chi connectivity index (χ3v) is 4.81. The zero-order chi connectivity index (χ0) is 19.9. The van der Waals surface area contributed by atoms with E-state index in [1.54, 1.807) is 18.5 Å². The van der Waals surface area contributed by atoms with Gasteiger partial charge in [0.15, 0.2) is 0 Å². The molecule has 0 aliphatic carbocycles. The summed E-state index contributed by atoms with van der Waals surface area (Å²) >= 11 is 0. The lowest BCUT2D eigenvalue weighted by Crippen LogP contribution is -2.30. The van der Waals surface area contributed by atoms with Crippen LogP contribution in [0.1, 0.15) is 35.4 Å². The molecule has 1 aliphatic rings. The van der Waals surface area contributed by atoms with Crippen LogP contribution >= 0.6 is 0 Å². The Morgan fingerprint density at radius 2 is 2.11 bits per heavy atom. The lowest BCUT2D eigenvalue weighted by molar-refractivity contribution is -0.137. The fourth-order valence-corrected chi connectivity index (χ4v) is 3.49. The molecule has 0 spiro atoms. The summed E-state index contributed by atoms with van der Waals surface area (Å²) in [5.41, 5.74) is 7.00. The molecule has 1 fully saturated rings. The Kier molecular flexibility index (Phi) is 4.71. The zero-order valence-electron chi connectivity index (χ0n) is 14.9. The molecule has 2 aromatic rings. The predicted octanol–water partition coefficient (Wildman–Crippen LogP) is 3.04. The largest absolute Gasteiger partial charge is 0.416 e. The minimum absolute atomic E-state index is 0.0153. The number of amides is 1. The number of carbonyl (C=O) groups excluding carboxylic acids is 1. The lowest BCUT2D eigenvalue weighted by Gasteiger charge is -2.15. The summed E-state index contributed by atoms with van der Waals surface area (Å²) in [6.45, 7) is 3.90. The van der Waals surface area contributed by atoms with Gasteiger partial charge in [0.25, 0.3) is 0 Å². The first-order valence-corrected chi connectivity index (χ1v) is 8.46. The van der Waals surface area contributed by atoms with Crippen molar-refractivity contribution in [2.75, 3.05) is 5.73 Å². The van der Waals surface area contributed by atoms with Crippen molar-refractivity contribution in [1.29, 1.82) is 5.41 Å². The quantitative estimate of drug-likeness (QED) is 0.563. The number of rotatable bonds is 4. The third kappa shape index (κ3) is 3.54. The Hall–Kier alpha value is -2.84. The number of anilines is 1. The summed E-state index contributed by atoms with van der Waals surface area (Å²) in [6.07, 6.45) is -2.44. The molecule has 6 nitrogen and oxygen atoms in total. The highest BCUT2D eigenvalue weighted by Crippen LogP contribution is 2.38. The van der Waals surface area contributed by atoms with Gasteiger partial charge in [-0.05, 0) is 38.0 Å². The van der Waals surface area contributed by atoms with E-state index in [9.17, 15) is 18.0 Å². The minimum atomic E-state index is -4.55. The Bertz CT molecular complexity index is 917. The average molecular weight is 379 g/mol. The Labute approximate surface area is 154 Å². The number of halogens is 3. The monoisotopic (exact) mass is 379 g/mol. The standard InChI is InChI=1S/C18H20F3N5O/c1-9-17(10(2)26(25-9)8-12-3-4-16(27)24-12)13-5-11(18(19,20)21)6-15(23)14(13)7-22/h5-7,12,22H,3-4,8,23H2,1-2H3,(H,24,27). The molecule has 1 atom stereocenters. The van der Waals surface area contributed by atoms with E-state index in [1.165, 1.54) is 0 Å². The summed E-state index contributed by atoms with van der Waals surface area (Å²) < 4.78 is 41.4. The van der Waals surface area contributed by atoms with Crippen LogP contribution in [0.3, 0.4) is 0 Å². The maximum Gasteiger partial charge on any atom is 0.416 e. The molecule has 0 saturated carbocycles. The number of hydrogen-bond donors (Lipinski definition) is 3. The maximum absolute atomic E-state index is 13.2. The number of nitrogens with two attached hydrogens (primary N) is 1. The van der Waals surface area contributed by atoms with Gasteiger partial charge in [0.05, 0.1) is 17.8 Å². The predicted molar refractivity (Wildman–Crippen MR) is 95.6 cm³/mol. The number of nitrogens with one attached hydrogen (secondary N) is 2. The van der Waals surface area contributed by atoms with Crippen molar-refractivity contribution in [2.24, 2.45) is 0 Å². The molecule has 27 heavy (non-hydrogen) atoms. The smallest absolute Gasteiger partial charge is 0.398 e. The van der Waals surface area contributed by atoms with Crippen molar-refractivity contribution in [3.05, 3.63) is 34.6 Å². The van der Waals surface area contributed by atoms with Crippen LogP contribution in [-0.4, -0.2) is 27.9 Å². The maximum atomic E-state index is 13.2. The summed E-state index contributed by atoms with van der Waals surface area (Å²) in [4.78, 5) is 11.4. The second-order valence-electron chi connectivity index (χ2n) is 6.70. The zero-order valence-corrected chi connectivity index (χ0v) is 14.9. The second-order valence-corrected chi connectivity index (χ2v) is 6.70. The fraction of sp³-hybridized carbons (Fsp3) is 0.389. The number of nitrogens with zero attached hydrogens (tertiary/aromatic N) is 2. The van der Waals surface area contributed by atoms with Crippen LogP contribution in [0.25, 0.3) is 11.1 Å². The van der Waals surface area contributed by atoms with E-state index in [1.807, 2.05) is 0 Å². The Morgan fingerprint density at radius 3 is 2.67 bits per heavy atom. The van der Waals surface area contributed by atoms with Crippen molar-refractivity contribution in [3.63, 3.8) is 0 Å². The van der Waals surface area contributed by atoms with Gasteiger partial charge in [0, 0.05) is 41.2 Å². The van der Waals surface area contributed by atoms with Crippen LogP contribution < -0.4 is 11.1 Å². The molecule has 1 unspecified atom stereocenters. The van der Waals surface area contributed by atoms with E-state index >= 15 is 0 Å². The van der Waals surface area contributed by atoms with Crippen LogP contribution in [0.5, 0.6) is 0 Å². The molecule has 1 aliphatic heterocycles. The van der Waals surface area contributed by atoms with E-state index in [-0.39, 0.29) is 28.8 Å². The molecule has 0 bridgehead atoms. The van der Waals surface area contributed by atoms with Crippen molar-refractivity contribution >= 4 is 17.8 Å². The first kappa shape index (κ1) is 18.9. The van der Waals surface area contributed by atoms with Gasteiger partial charge < -0.3 is 16.5 Å². The van der Waals surface area contributed by atoms with Gasteiger partial charge >= 0.3 is 6.18 Å². The average Bonchev–Trinajstić information content (AvgIpc) is 3.09. The van der Waals surface area contributed by atoms with Gasteiger partial charge in [-0.1, -0.05) is 0 Å². The SMILES string of the molecule is Cc1nn(CC2CCC(=O)N2)c(C)c1-c1cc(C(F)(F)F)cc(N)c1C=N. The van der Waals surface area contributed by atoms with E-state index in [0.717, 1.165) is 18.3 Å². The molecule has 144 valence electrons. The van der Waals surface area contributed by atoms with Gasteiger partial charge in [-0.15, -0.1) is 0 Å². The van der Waals surface area contributed by atoms with Gasteiger partial charge in [0.2, 0.25) is 5.91 Å². The number of benzene rings is 1. The lowest BCUT2D eigenvalue weighted by atomic mass is 9.94. The number of aryl methyl sites for hydroxylation is 1. The van der Waals surface area contributed by atoms with Crippen LogP contribution in [0.2, 0.25) is 0 Å². The summed E-state index contributed by atoms with van der Waals surface area (Å²) in [5.74, 6) is -0.0153. The van der Waals surface area contributed by atoms with Crippen molar-refractivity contribution in [1.82, 2.24) is 15.1 Å². The molecule has 1 aromatic heterocycles. The molecule has 2 heterocycles. The highest BCUT2D eigenvalue weighted by molar-refractivity contribution is 5.96. The first-order valence-electron chi connectivity index (χ1n) is 8.46. The van der Waals surface area contributed by atoms with Gasteiger partial charge in [-0.25, -0.2) is 0 Å². The highest BCUT2D eigenvalue weighted by atomic mass is 19.4. The van der Waals surface area contributed by atoms with Crippen LogP contribution in [0.4, 0.5) is 18.9 Å². The van der Waals surface area contributed by atoms with E-state index in [0.29, 0.717) is 36.3 Å². The number of nitrogen functional groups attached to an aromatic ring is 1. The normalized spacial score (nSPS) is 17.2. The molecular weight excluding hydrogens is 359 g/mol. The Balaban J connectivity index is 2.09.